The Morgan fingerprint density at radius 2 is 2.15 bits per heavy atom. The lowest BCUT2D eigenvalue weighted by Gasteiger charge is -2.57. The molecule has 1 saturated carbocycles. The predicted molar refractivity (Wildman–Crippen MR) is 59.3 cm³/mol. The van der Waals surface area contributed by atoms with E-state index in [0.717, 1.165) is 11.8 Å². The van der Waals surface area contributed by atoms with E-state index in [0.29, 0.717) is 13.3 Å². The molecule has 1 heteroatoms. The Balaban J connectivity index is 2.01. The molecular weight excluding hydrogens is 175 g/mol. The molecule has 1 fully saturated rings. The van der Waals surface area contributed by atoms with Gasteiger partial charge in [-0.15, -0.1) is 0 Å². The highest BCUT2D eigenvalue weighted by atomic mass is 31.1. The molecule has 0 aromatic rings. The summed E-state index contributed by atoms with van der Waals surface area (Å²) in [5, 5.41) is 1.94. The highest BCUT2D eigenvalue weighted by molar-refractivity contribution is 7.61. The lowest BCUT2D eigenvalue weighted by atomic mass is 9.48. The van der Waals surface area contributed by atoms with Crippen LogP contribution in [0.2, 0.25) is 0 Å². The van der Waals surface area contributed by atoms with Gasteiger partial charge in [-0.2, -0.15) is 0 Å². The second-order valence-corrected chi connectivity index (χ2v) is 8.04. The first-order chi connectivity index (χ1) is 6.10. The number of hydrogen-bond donors (Lipinski definition) is 0. The van der Waals surface area contributed by atoms with E-state index in [1.54, 1.807) is 0 Å². The molecule has 72 valence electrons. The van der Waals surface area contributed by atoms with Crippen LogP contribution in [-0.4, -0.2) is 12.8 Å². The van der Waals surface area contributed by atoms with Crippen LogP contribution < -0.4 is 0 Å². The molecule has 2 bridgehead atoms. The van der Waals surface area contributed by atoms with Gasteiger partial charge in [0, 0.05) is 0 Å². The quantitative estimate of drug-likeness (QED) is 0.514. The zero-order valence-electron chi connectivity index (χ0n) is 8.93. The van der Waals surface area contributed by atoms with Gasteiger partial charge >= 0.3 is 0 Å². The van der Waals surface area contributed by atoms with Crippen LogP contribution in [0.3, 0.4) is 0 Å². The standard InChI is InChI=1S/C12H19P/c1-12(2)8-6-10(12)9-4-5-13(3)11(9)7-8/h8,10H,4-7H2,1-3H3/t8-,10+,13?/m1/s1. The molecule has 0 radical (unpaired) electrons. The van der Waals surface area contributed by atoms with Gasteiger partial charge in [-0.3, -0.25) is 0 Å². The van der Waals surface area contributed by atoms with Gasteiger partial charge in [-0.1, -0.05) is 27.3 Å². The van der Waals surface area contributed by atoms with Crippen molar-refractivity contribution in [2.45, 2.75) is 33.1 Å². The fourth-order valence-electron chi connectivity index (χ4n) is 3.66. The van der Waals surface area contributed by atoms with Crippen molar-refractivity contribution >= 4 is 7.92 Å². The van der Waals surface area contributed by atoms with Gasteiger partial charge in [-0.25, -0.2) is 0 Å². The first kappa shape index (κ1) is 8.48. The molecule has 4 rings (SSSR count). The van der Waals surface area contributed by atoms with Crippen LogP contribution in [0.4, 0.5) is 0 Å². The molecular formula is C12H19P. The van der Waals surface area contributed by atoms with Crippen molar-refractivity contribution in [2.75, 3.05) is 12.8 Å². The van der Waals surface area contributed by atoms with Crippen LogP contribution in [0.1, 0.15) is 33.1 Å². The molecule has 4 aliphatic rings. The van der Waals surface area contributed by atoms with Crippen LogP contribution in [0.15, 0.2) is 10.9 Å². The predicted octanol–water partition coefficient (Wildman–Crippen LogP) is 3.82. The molecule has 0 aromatic carbocycles. The zero-order valence-corrected chi connectivity index (χ0v) is 9.82. The topological polar surface area (TPSA) is 0 Å². The average molecular weight is 194 g/mol. The molecule has 1 aliphatic heterocycles. The normalized spacial score (nSPS) is 45.9. The summed E-state index contributed by atoms with van der Waals surface area (Å²) >= 11 is 0. The maximum atomic E-state index is 2.50. The molecule has 13 heavy (non-hydrogen) atoms. The fraction of sp³-hybridized carbons (Fsp3) is 0.833. The third-order valence-electron chi connectivity index (χ3n) is 4.88. The van der Waals surface area contributed by atoms with Crippen LogP contribution in [0.5, 0.6) is 0 Å². The fourth-order valence-corrected chi connectivity index (χ4v) is 5.80. The molecule has 3 aliphatic carbocycles. The minimum Gasteiger partial charge on any atom is -0.0827 e. The minimum absolute atomic E-state index is 0.320. The molecule has 0 spiro atoms. The summed E-state index contributed by atoms with van der Waals surface area (Å²) in [5.41, 5.74) is 2.58. The van der Waals surface area contributed by atoms with Crippen molar-refractivity contribution in [3.63, 3.8) is 0 Å². The SMILES string of the molecule is CP1CCC2=C1C[C@H]1C[C@@H]2C1(C)C. The van der Waals surface area contributed by atoms with E-state index in [1.807, 2.05) is 10.9 Å². The molecule has 0 nitrogen and oxygen atoms in total. The van der Waals surface area contributed by atoms with Gasteiger partial charge in [-0.05, 0) is 54.7 Å². The second-order valence-electron chi connectivity index (χ2n) is 5.65. The lowest BCUT2D eigenvalue weighted by molar-refractivity contribution is -0.00835. The Bertz CT molecular complexity index is 287. The van der Waals surface area contributed by atoms with Crippen LogP contribution in [0, 0.1) is 17.3 Å². The van der Waals surface area contributed by atoms with Gasteiger partial charge in [0.15, 0.2) is 0 Å². The van der Waals surface area contributed by atoms with Crippen LogP contribution in [-0.2, 0) is 0 Å². The third-order valence-corrected chi connectivity index (χ3v) is 7.16. The summed E-state index contributed by atoms with van der Waals surface area (Å²) in [6.07, 6.45) is 5.97. The smallest absolute Gasteiger partial charge is 0.0140 e. The van der Waals surface area contributed by atoms with E-state index in [4.69, 9.17) is 0 Å². The highest BCUT2D eigenvalue weighted by Crippen LogP contribution is 2.69. The number of allylic oxidation sites excluding steroid dienone is 2. The Hall–Kier alpha value is 0.170. The molecule has 0 aromatic heterocycles. The number of hydrogen-bond acceptors (Lipinski definition) is 0. The van der Waals surface area contributed by atoms with Crippen molar-refractivity contribution in [1.82, 2.24) is 0 Å². The third kappa shape index (κ3) is 0.911. The van der Waals surface area contributed by atoms with Crippen LogP contribution in [0.25, 0.3) is 0 Å². The van der Waals surface area contributed by atoms with Crippen molar-refractivity contribution in [2.24, 2.45) is 17.3 Å². The molecule has 0 saturated heterocycles. The summed E-state index contributed by atoms with van der Waals surface area (Å²) in [7, 11) is 0.320. The van der Waals surface area contributed by atoms with E-state index in [2.05, 4.69) is 20.5 Å². The largest absolute Gasteiger partial charge is 0.0827 e. The Morgan fingerprint density at radius 3 is 2.85 bits per heavy atom. The Labute approximate surface area is 82.5 Å². The first-order valence-corrected chi connectivity index (χ1v) is 7.51. The minimum atomic E-state index is 0.320. The Morgan fingerprint density at radius 1 is 1.38 bits per heavy atom. The molecule has 0 amide bonds. The highest BCUT2D eigenvalue weighted by Gasteiger charge is 2.54. The van der Waals surface area contributed by atoms with Gasteiger partial charge in [0.1, 0.15) is 0 Å². The van der Waals surface area contributed by atoms with Gasteiger partial charge < -0.3 is 0 Å². The van der Waals surface area contributed by atoms with Crippen molar-refractivity contribution in [3.8, 4) is 0 Å². The number of rotatable bonds is 0. The van der Waals surface area contributed by atoms with Crippen molar-refractivity contribution < 1.29 is 0 Å². The summed E-state index contributed by atoms with van der Waals surface area (Å²) < 4.78 is 0. The summed E-state index contributed by atoms with van der Waals surface area (Å²) in [5.74, 6) is 2.04. The van der Waals surface area contributed by atoms with E-state index < -0.39 is 0 Å². The zero-order chi connectivity index (χ0) is 9.22. The second kappa shape index (κ2) is 2.40. The average Bonchev–Trinajstić information content (AvgIpc) is 2.48. The summed E-state index contributed by atoms with van der Waals surface area (Å²) in [6, 6.07) is 0. The molecule has 0 N–H and O–H groups in total. The van der Waals surface area contributed by atoms with Crippen LogP contribution >= 0.6 is 7.92 Å². The van der Waals surface area contributed by atoms with E-state index in [-0.39, 0.29) is 0 Å². The Kier molecular flexibility index (Phi) is 1.56. The molecule has 1 unspecified atom stereocenters. The van der Waals surface area contributed by atoms with Gasteiger partial charge in [0.05, 0.1) is 0 Å². The van der Waals surface area contributed by atoms with E-state index >= 15 is 0 Å². The van der Waals surface area contributed by atoms with Crippen molar-refractivity contribution in [1.29, 1.82) is 0 Å². The molecule has 1 heterocycles. The summed E-state index contributed by atoms with van der Waals surface area (Å²) in [6.45, 7) is 7.48. The van der Waals surface area contributed by atoms with E-state index in [1.165, 1.54) is 25.4 Å². The van der Waals surface area contributed by atoms with Gasteiger partial charge in [0.25, 0.3) is 0 Å². The maximum Gasteiger partial charge on any atom is -0.0140 e. The van der Waals surface area contributed by atoms with E-state index in [9.17, 15) is 0 Å². The molecule has 3 atom stereocenters. The summed E-state index contributed by atoms with van der Waals surface area (Å²) in [4.78, 5) is 0. The first-order valence-electron chi connectivity index (χ1n) is 5.53. The maximum absolute atomic E-state index is 2.50. The van der Waals surface area contributed by atoms with Gasteiger partial charge in [0.2, 0.25) is 0 Å². The monoisotopic (exact) mass is 194 g/mol. The van der Waals surface area contributed by atoms with Crippen molar-refractivity contribution in [3.05, 3.63) is 10.9 Å². The lowest BCUT2D eigenvalue weighted by Crippen LogP contribution is -2.48.